The van der Waals surface area contributed by atoms with E-state index in [0.29, 0.717) is 0 Å². The maximum atomic E-state index is 12.5. The van der Waals surface area contributed by atoms with Gasteiger partial charge < -0.3 is 4.74 Å². The summed E-state index contributed by atoms with van der Waals surface area (Å²) in [7, 11) is 1.13. The first kappa shape index (κ1) is 12.9. The van der Waals surface area contributed by atoms with Gasteiger partial charge in [-0.2, -0.15) is 17.9 Å². The molecule has 0 radical (unpaired) electrons. The fraction of sp³-hybridized carbons (Fsp3) is 0.222. The molecule has 0 saturated heterocycles. The number of ether oxygens (including phenoxy) is 1. The molecule has 0 aliphatic carbocycles. The molecule has 0 unspecified atom stereocenters. The van der Waals surface area contributed by atoms with E-state index in [1.165, 1.54) is 0 Å². The number of carbonyl (C=O) groups is 1. The molecular weight excluding hydrogens is 267 g/mol. The van der Waals surface area contributed by atoms with E-state index >= 15 is 0 Å². The summed E-state index contributed by atoms with van der Waals surface area (Å²) in [5, 5.41) is 3.61. The van der Waals surface area contributed by atoms with Gasteiger partial charge in [-0.15, -0.1) is 5.10 Å². The van der Waals surface area contributed by atoms with Crippen LogP contribution in [-0.4, -0.2) is 37.8 Å². The minimum absolute atomic E-state index is 0.302. The first-order chi connectivity index (χ1) is 8.91. The van der Waals surface area contributed by atoms with Crippen LogP contribution in [-0.2, 0) is 10.9 Å². The van der Waals surface area contributed by atoms with Gasteiger partial charge in [0.15, 0.2) is 0 Å². The third-order valence-electron chi connectivity index (χ3n) is 2.00. The molecule has 100 valence electrons. The van der Waals surface area contributed by atoms with Crippen LogP contribution < -0.4 is 0 Å². The van der Waals surface area contributed by atoms with E-state index in [2.05, 4.69) is 24.8 Å². The molecule has 0 amide bonds. The third kappa shape index (κ3) is 2.67. The van der Waals surface area contributed by atoms with Gasteiger partial charge in [0.1, 0.15) is 12.0 Å². The SMILES string of the molecule is COC(=O)c1ncn(-c2nccc(C(F)(F)F)n2)n1. The summed E-state index contributed by atoms with van der Waals surface area (Å²) in [4.78, 5) is 21.6. The average Bonchev–Trinajstić information content (AvgIpc) is 2.86. The van der Waals surface area contributed by atoms with E-state index in [4.69, 9.17) is 0 Å². The van der Waals surface area contributed by atoms with Gasteiger partial charge in [0.05, 0.1) is 7.11 Å². The highest BCUT2D eigenvalue weighted by atomic mass is 19.4. The van der Waals surface area contributed by atoms with Crippen LogP contribution in [0.5, 0.6) is 0 Å². The Morgan fingerprint density at radius 1 is 1.37 bits per heavy atom. The first-order valence-corrected chi connectivity index (χ1v) is 4.82. The Bertz CT molecular complexity index is 610. The zero-order valence-electron chi connectivity index (χ0n) is 9.42. The van der Waals surface area contributed by atoms with Crippen molar-refractivity contribution in [3.63, 3.8) is 0 Å². The van der Waals surface area contributed by atoms with Crippen molar-refractivity contribution in [2.24, 2.45) is 0 Å². The fourth-order valence-corrected chi connectivity index (χ4v) is 1.16. The molecule has 0 fully saturated rings. The van der Waals surface area contributed by atoms with Gasteiger partial charge in [-0.05, 0) is 6.07 Å². The predicted molar refractivity (Wildman–Crippen MR) is 53.3 cm³/mol. The van der Waals surface area contributed by atoms with E-state index in [1.807, 2.05) is 0 Å². The van der Waals surface area contributed by atoms with Crippen LogP contribution in [0.1, 0.15) is 16.3 Å². The fourth-order valence-electron chi connectivity index (χ4n) is 1.16. The maximum Gasteiger partial charge on any atom is 0.433 e. The Morgan fingerprint density at radius 2 is 2.11 bits per heavy atom. The smallest absolute Gasteiger partial charge is 0.433 e. The van der Waals surface area contributed by atoms with E-state index in [0.717, 1.165) is 30.4 Å². The molecule has 0 spiro atoms. The normalized spacial score (nSPS) is 11.4. The van der Waals surface area contributed by atoms with Gasteiger partial charge in [-0.25, -0.2) is 19.7 Å². The van der Waals surface area contributed by atoms with E-state index in [-0.39, 0.29) is 11.8 Å². The van der Waals surface area contributed by atoms with Crippen LogP contribution in [0.4, 0.5) is 13.2 Å². The van der Waals surface area contributed by atoms with E-state index < -0.39 is 17.8 Å². The molecular formula is C9H6F3N5O2. The highest BCUT2D eigenvalue weighted by molar-refractivity contribution is 5.84. The van der Waals surface area contributed by atoms with Crippen molar-refractivity contribution in [3.05, 3.63) is 30.1 Å². The Hall–Kier alpha value is -2.52. The maximum absolute atomic E-state index is 12.5. The molecule has 2 aromatic rings. The number of nitrogens with zero attached hydrogens (tertiary/aromatic N) is 5. The van der Waals surface area contributed by atoms with Crippen LogP contribution in [0.25, 0.3) is 5.95 Å². The number of hydrogen-bond donors (Lipinski definition) is 0. The molecule has 0 saturated carbocycles. The number of rotatable bonds is 2. The monoisotopic (exact) mass is 273 g/mol. The summed E-state index contributed by atoms with van der Waals surface area (Å²) in [5.74, 6) is -1.47. The first-order valence-electron chi connectivity index (χ1n) is 4.82. The second kappa shape index (κ2) is 4.63. The van der Waals surface area contributed by atoms with Crippen molar-refractivity contribution < 1.29 is 22.7 Å². The van der Waals surface area contributed by atoms with Crippen LogP contribution in [0.2, 0.25) is 0 Å². The molecule has 0 aromatic carbocycles. The van der Waals surface area contributed by atoms with Crippen LogP contribution >= 0.6 is 0 Å². The minimum atomic E-state index is -4.59. The molecule has 0 bridgehead atoms. The number of aromatic nitrogens is 5. The molecule has 0 atom stereocenters. The van der Waals surface area contributed by atoms with Crippen LogP contribution in [0, 0.1) is 0 Å². The molecule has 2 aromatic heterocycles. The topological polar surface area (TPSA) is 82.8 Å². The van der Waals surface area contributed by atoms with Crippen molar-refractivity contribution in [2.75, 3.05) is 7.11 Å². The number of carbonyl (C=O) groups excluding carboxylic acids is 1. The number of halogens is 3. The van der Waals surface area contributed by atoms with Gasteiger partial charge >= 0.3 is 12.1 Å². The summed E-state index contributed by atoms with van der Waals surface area (Å²) in [6.45, 7) is 0. The zero-order chi connectivity index (χ0) is 14.0. The lowest BCUT2D eigenvalue weighted by molar-refractivity contribution is -0.141. The van der Waals surface area contributed by atoms with Crippen molar-refractivity contribution in [1.29, 1.82) is 0 Å². The quantitative estimate of drug-likeness (QED) is 0.755. The minimum Gasteiger partial charge on any atom is -0.463 e. The summed E-state index contributed by atoms with van der Waals surface area (Å²) < 4.78 is 42.6. The number of alkyl halides is 3. The van der Waals surface area contributed by atoms with Gasteiger partial charge in [0.25, 0.3) is 11.8 Å². The largest absolute Gasteiger partial charge is 0.463 e. The molecule has 2 heterocycles. The lowest BCUT2D eigenvalue weighted by Crippen LogP contribution is -2.12. The standard InChI is InChI=1S/C9H6F3N5O2/c1-19-7(18)6-14-4-17(16-6)8-13-3-2-5(15-8)9(10,11)12/h2-4H,1H3. The van der Waals surface area contributed by atoms with Gasteiger partial charge in [-0.1, -0.05) is 0 Å². The Kier molecular flexibility index (Phi) is 3.15. The molecule has 0 N–H and O–H groups in total. The third-order valence-corrected chi connectivity index (χ3v) is 2.00. The highest BCUT2D eigenvalue weighted by Crippen LogP contribution is 2.27. The zero-order valence-corrected chi connectivity index (χ0v) is 9.42. The second-order valence-electron chi connectivity index (χ2n) is 3.24. The summed E-state index contributed by atoms with van der Waals surface area (Å²) in [6.07, 6.45) is -2.64. The van der Waals surface area contributed by atoms with Crippen LogP contribution in [0.3, 0.4) is 0 Å². The van der Waals surface area contributed by atoms with Crippen molar-refractivity contribution in [1.82, 2.24) is 24.7 Å². The van der Waals surface area contributed by atoms with Crippen molar-refractivity contribution in [3.8, 4) is 5.95 Å². The summed E-state index contributed by atoms with van der Waals surface area (Å²) in [5.41, 5.74) is -1.12. The average molecular weight is 273 g/mol. The molecule has 7 nitrogen and oxygen atoms in total. The molecule has 0 aliphatic heterocycles. The lowest BCUT2D eigenvalue weighted by atomic mass is 10.4. The predicted octanol–water partition coefficient (Wildman–Crippen LogP) is 0.863. The van der Waals surface area contributed by atoms with Crippen LogP contribution in [0.15, 0.2) is 18.6 Å². The van der Waals surface area contributed by atoms with Crippen molar-refractivity contribution >= 4 is 5.97 Å². The summed E-state index contributed by atoms with van der Waals surface area (Å²) in [6, 6.07) is 0.724. The molecule has 19 heavy (non-hydrogen) atoms. The lowest BCUT2D eigenvalue weighted by Gasteiger charge is -2.05. The Morgan fingerprint density at radius 3 is 2.74 bits per heavy atom. The highest BCUT2D eigenvalue weighted by Gasteiger charge is 2.33. The van der Waals surface area contributed by atoms with E-state index in [1.54, 1.807) is 0 Å². The molecule has 10 heteroatoms. The Labute approximate surface area is 104 Å². The molecule has 0 aliphatic rings. The molecule has 2 rings (SSSR count). The van der Waals surface area contributed by atoms with Gasteiger partial charge in [0.2, 0.25) is 0 Å². The number of hydrogen-bond acceptors (Lipinski definition) is 6. The van der Waals surface area contributed by atoms with Gasteiger partial charge in [-0.3, -0.25) is 0 Å². The Balaban J connectivity index is 2.37. The number of methoxy groups -OCH3 is 1. The van der Waals surface area contributed by atoms with Crippen molar-refractivity contribution in [2.45, 2.75) is 6.18 Å². The second-order valence-corrected chi connectivity index (χ2v) is 3.24. The summed E-state index contributed by atoms with van der Waals surface area (Å²) >= 11 is 0. The van der Waals surface area contributed by atoms with Gasteiger partial charge in [0, 0.05) is 6.20 Å². The van der Waals surface area contributed by atoms with E-state index in [9.17, 15) is 18.0 Å². The number of esters is 1.